The van der Waals surface area contributed by atoms with Crippen LogP contribution in [0.2, 0.25) is 10.2 Å². The second-order valence-corrected chi connectivity index (χ2v) is 10.0. The van der Waals surface area contributed by atoms with Gasteiger partial charge in [-0.2, -0.15) is 5.10 Å². The fourth-order valence-corrected chi connectivity index (χ4v) is 5.07. The van der Waals surface area contributed by atoms with Crippen LogP contribution >= 0.6 is 23.2 Å². The van der Waals surface area contributed by atoms with E-state index in [0.717, 1.165) is 46.2 Å². The molecule has 3 N–H and O–H groups in total. The highest BCUT2D eigenvalue weighted by Gasteiger charge is 2.39. The van der Waals surface area contributed by atoms with Crippen LogP contribution < -0.4 is 10.5 Å². The van der Waals surface area contributed by atoms with Crippen LogP contribution in [0.4, 0.5) is 0 Å². The summed E-state index contributed by atoms with van der Waals surface area (Å²) in [6, 6.07) is 11.6. The number of carbonyl (C=O) groups is 1. The summed E-state index contributed by atoms with van der Waals surface area (Å²) in [6.07, 6.45) is 6.23. The first-order chi connectivity index (χ1) is 15.9. The van der Waals surface area contributed by atoms with Crippen molar-refractivity contribution in [3.63, 3.8) is 0 Å². The Morgan fingerprint density at radius 1 is 1.24 bits per heavy atom. The molecule has 2 aromatic heterocycles. The van der Waals surface area contributed by atoms with E-state index in [1.165, 1.54) is 0 Å². The maximum absolute atomic E-state index is 13.7. The average molecular weight is 481 g/mol. The lowest BCUT2D eigenvalue weighted by Crippen LogP contribution is -2.29. The number of Topliss-reactive ketones (excluding diaryl/α,β-unsaturated/α-hetero) is 1. The molecule has 0 saturated heterocycles. The first-order valence-corrected chi connectivity index (χ1v) is 11.7. The summed E-state index contributed by atoms with van der Waals surface area (Å²) in [6.45, 7) is 1.02. The molecule has 33 heavy (non-hydrogen) atoms. The van der Waals surface area contributed by atoms with Gasteiger partial charge in [0.15, 0.2) is 5.78 Å². The number of halogens is 2. The summed E-state index contributed by atoms with van der Waals surface area (Å²) in [7, 11) is 0. The molecule has 3 heterocycles. The molecule has 0 radical (unpaired) electrons. The predicted molar refractivity (Wildman–Crippen MR) is 129 cm³/mol. The second kappa shape index (κ2) is 7.62. The Morgan fingerprint density at radius 2 is 2.09 bits per heavy atom. The number of hydrogen-bond acceptors (Lipinski definition) is 4. The smallest absolute Gasteiger partial charge is 0.171 e. The molecule has 1 fully saturated rings. The van der Waals surface area contributed by atoms with Gasteiger partial charge in [-0.15, -0.1) is 0 Å². The Balaban J connectivity index is 1.40. The van der Waals surface area contributed by atoms with E-state index in [-0.39, 0.29) is 17.2 Å². The Bertz CT molecular complexity index is 1400. The van der Waals surface area contributed by atoms with Crippen LogP contribution in [0.1, 0.15) is 28.8 Å². The van der Waals surface area contributed by atoms with Gasteiger partial charge < -0.3 is 15.0 Å². The summed E-state index contributed by atoms with van der Waals surface area (Å²) in [5.41, 5.74) is 10.6. The van der Waals surface area contributed by atoms with Crippen LogP contribution in [-0.2, 0) is 13.0 Å². The van der Waals surface area contributed by atoms with Crippen LogP contribution in [0.5, 0.6) is 5.75 Å². The van der Waals surface area contributed by atoms with Gasteiger partial charge in [-0.25, -0.2) is 0 Å². The molecule has 0 amide bonds. The zero-order chi connectivity index (χ0) is 22.7. The van der Waals surface area contributed by atoms with Crippen LogP contribution in [0.3, 0.4) is 0 Å². The number of aromatic nitrogens is 3. The van der Waals surface area contributed by atoms with Crippen LogP contribution in [0, 0.1) is 5.92 Å². The van der Waals surface area contributed by atoms with Gasteiger partial charge in [0.1, 0.15) is 10.9 Å². The van der Waals surface area contributed by atoms with E-state index >= 15 is 0 Å². The third-order valence-corrected chi connectivity index (χ3v) is 7.25. The van der Waals surface area contributed by atoms with E-state index in [2.05, 4.69) is 20.8 Å². The standard InChI is InChI=1S/C25H22Cl2N4O2/c26-17-2-4-22-15(8-17)7-16(12-33-22)23(32)20-11-31(13-25(28)5-6-25)21-9-14(1-3-18(20)21)19-10-29-30-24(19)27/h1-4,8-11,16H,5-7,12-13,28H2,(H,29,30). The number of ketones is 1. The van der Waals surface area contributed by atoms with E-state index in [9.17, 15) is 4.79 Å². The normalized spacial score (nSPS) is 18.7. The second-order valence-electron chi connectivity index (χ2n) is 9.19. The molecule has 4 aromatic rings. The third kappa shape index (κ3) is 3.72. The zero-order valence-electron chi connectivity index (χ0n) is 17.8. The largest absolute Gasteiger partial charge is 0.493 e. The summed E-state index contributed by atoms with van der Waals surface area (Å²) < 4.78 is 8.01. The van der Waals surface area contributed by atoms with Crippen LogP contribution in [0.25, 0.3) is 22.0 Å². The summed E-state index contributed by atoms with van der Waals surface area (Å²) in [5, 5.41) is 8.83. The number of nitrogens with two attached hydrogens (primary N) is 1. The molecule has 0 bridgehead atoms. The zero-order valence-corrected chi connectivity index (χ0v) is 19.3. The lowest BCUT2D eigenvalue weighted by molar-refractivity contribution is 0.0856. The highest BCUT2D eigenvalue weighted by molar-refractivity contribution is 6.32. The lowest BCUT2D eigenvalue weighted by atomic mass is 9.89. The van der Waals surface area contributed by atoms with Crippen molar-refractivity contribution in [1.82, 2.24) is 14.8 Å². The summed E-state index contributed by atoms with van der Waals surface area (Å²) in [4.78, 5) is 13.7. The molecule has 2 aromatic carbocycles. The summed E-state index contributed by atoms with van der Waals surface area (Å²) >= 11 is 12.4. The van der Waals surface area contributed by atoms with Crippen molar-refractivity contribution >= 4 is 39.9 Å². The van der Waals surface area contributed by atoms with Gasteiger partial charge in [-0.1, -0.05) is 35.3 Å². The molecular formula is C25H22Cl2N4O2. The fraction of sp³-hybridized carbons (Fsp3) is 0.280. The number of hydrogen-bond donors (Lipinski definition) is 2. The Morgan fingerprint density at radius 3 is 2.85 bits per heavy atom. The third-order valence-electron chi connectivity index (χ3n) is 6.73. The van der Waals surface area contributed by atoms with E-state index in [1.54, 1.807) is 12.3 Å². The molecule has 0 spiro atoms. The van der Waals surface area contributed by atoms with E-state index in [4.69, 9.17) is 33.7 Å². The van der Waals surface area contributed by atoms with Gasteiger partial charge in [-0.05, 0) is 54.7 Å². The monoisotopic (exact) mass is 480 g/mol. The number of H-pyrrole nitrogens is 1. The number of nitrogens with zero attached hydrogens (tertiary/aromatic N) is 2. The Labute approximate surface area is 200 Å². The number of nitrogens with one attached hydrogen (secondary N) is 1. The number of ether oxygens (including phenoxy) is 1. The minimum atomic E-state index is -0.272. The summed E-state index contributed by atoms with van der Waals surface area (Å²) in [5.74, 6) is 0.595. The van der Waals surface area contributed by atoms with Crippen molar-refractivity contribution in [1.29, 1.82) is 0 Å². The Kier molecular flexibility index (Phi) is 4.80. The number of carbonyl (C=O) groups excluding carboxylic acids is 1. The van der Waals surface area contributed by atoms with Gasteiger partial charge in [0.25, 0.3) is 0 Å². The highest BCUT2D eigenvalue weighted by atomic mass is 35.5. The van der Waals surface area contributed by atoms with Crippen molar-refractivity contribution in [2.45, 2.75) is 31.3 Å². The van der Waals surface area contributed by atoms with Crippen molar-refractivity contribution in [2.24, 2.45) is 11.7 Å². The average Bonchev–Trinajstić information content (AvgIpc) is 3.21. The lowest BCUT2D eigenvalue weighted by Gasteiger charge is -2.24. The van der Waals surface area contributed by atoms with Gasteiger partial charge in [-0.3, -0.25) is 9.89 Å². The minimum absolute atomic E-state index is 0.0698. The first-order valence-electron chi connectivity index (χ1n) is 11.0. The van der Waals surface area contributed by atoms with Crippen molar-refractivity contribution in [3.8, 4) is 16.9 Å². The molecule has 8 heteroatoms. The molecule has 1 saturated carbocycles. The topological polar surface area (TPSA) is 85.9 Å². The van der Waals surface area contributed by atoms with Gasteiger partial charge in [0.05, 0.1) is 18.7 Å². The molecule has 1 aliphatic carbocycles. The molecule has 1 atom stereocenters. The van der Waals surface area contributed by atoms with Gasteiger partial charge in [0, 0.05) is 45.3 Å². The van der Waals surface area contributed by atoms with E-state index < -0.39 is 0 Å². The van der Waals surface area contributed by atoms with Gasteiger partial charge in [0.2, 0.25) is 0 Å². The van der Waals surface area contributed by atoms with Gasteiger partial charge >= 0.3 is 0 Å². The number of benzene rings is 2. The van der Waals surface area contributed by atoms with E-state index in [0.29, 0.717) is 35.3 Å². The first kappa shape index (κ1) is 20.8. The number of aromatic amines is 1. The van der Waals surface area contributed by atoms with Crippen LogP contribution in [-0.4, -0.2) is 32.7 Å². The molecular weight excluding hydrogens is 459 g/mol. The maximum atomic E-state index is 13.7. The maximum Gasteiger partial charge on any atom is 0.171 e. The van der Waals surface area contributed by atoms with Crippen molar-refractivity contribution in [2.75, 3.05) is 6.61 Å². The highest BCUT2D eigenvalue weighted by Crippen LogP contribution is 2.38. The van der Waals surface area contributed by atoms with Crippen LogP contribution in [0.15, 0.2) is 48.8 Å². The number of fused-ring (bicyclic) bond motifs is 2. The van der Waals surface area contributed by atoms with Crippen molar-refractivity contribution in [3.05, 3.63) is 70.1 Å². The SMILES string of the molecule is NC1(Cn2cc(C(=O)C3COc4ccc(Cl)cc4C3)c3ccc(-c4cn[nH]c4Cl)cc32)CC1. The molecule has 6 nitrogen and oxygen atoms in total. The molecule has 6 rings (SSSR count). The molecule has 1 aliphatic heterocycles. The molecule has 2 aliphatic rings. The quantitative estimate of drug-likeness (QED) is 0.381. The molecule has 1 unspecified atom stereocenters. The number of rotatable bonds is 5. The Hall–Kier alpha value is -2.80. The van der Waals surface area contributed by atoms with Crippen molar-refractivity contribution < 1.29 is 9.53 Å². The fourth-order valence-electron chi connectivity index (χ4n) is 4.67. The van der Waals surface area contributed by atoms with E-state index in [1.807, 2.05) is 30.5 Å². The minimum Gasteiger partial charge on any atom is -0.493 e. The molecule has 168 valence electrons. The predicted octanol–water partition coefficient (Wildman–Crippen LogP) is 5.26.